The van der Waals surface area contributed by atoms with Crippen molar-refractivity contribution in [1.82, 2.24) is 4.90 Å². The number of hydrogen-bond acceptors (Lipinski definition) is 7. The van der Waals surface area contributed by atoms with Gasteiger partial charge in [-0.15, -0.1) is 0 Å². The Balaban J connectivity index is 1.86. The van der Waals surface area contributed by atoms with Crippen molar-refractivity contribution in [2.75, 3.05) is 6.54 Å². The maximum Gasteiger partial charge on any atom is 0.309 e. The third-order valence-corrected chi connectivity index (χ3v) is 5.85. The van der Waals surface area contributed by atoms with Gasteiger partial charge in [0.1, 0.15) is 17.9 Å². The second-order valence-corrected chi connectivity index (χ2v) is 8.28. The number of carbonyl (C=O) groups excluding carboxylic acids is 2. The zero-order valence-electron chi connectivity index (χ0n) is 19.3. The van der Waals surface area contributed by atoms with Crippen LogP contribution in [-0.2, 0) is 20.8 Å². The van der Waals surface area contributed by atoms with Crippen LogP contribution < -0.4 is 16.3 Å². The van der Waals surface area contributed by atoms with E-state index in [1.807, 2.05) is 48.4 Å². The lowest BCUT2D eigenvalue weighted by molar-refractivity contribution is -0.153. The molecule has 3 aromatic rings. The topological polar surface area (TPSA) is 148 Å². The van der Waals surface area contributed by atoms with Gasteiger partial charge >= 0.3 is 5.97 Å². The largest absolute Gasteiger partial charge is 0.481 e. The van der Waals surface area contributed by atoms with Gasteiger partial charge in [0.2, 0.25) is 5.72 Å². The summed E-state index contributed by atoms with van der Waals surface area (Å²) in [6.45, 7) is 0.0645. The molecule has 3 aromatic carbocycles. The second-order valence-electron chi connectivity index (χ2n) is 8.28. The summed E-state index contributed by atoms with van der Waals surface area (Å²) in [6, 6.07) is 21.6. The fraction of sp³-hybridized carbons (Fsp3) is 0.148. The average molecular weight is 485 g/mol. The van der Waals surface area contributed by atoms with E-state index >= 15 is 0 Å². The van der Waals surface area contributed by atoms with E-state index in [1.54, 1.807) is 30.3 Å². The number of benzene rings is 3. The lowest BCUT2D eigenvalue weighted by Gasteiger charge is -2.30. The van der Waals surface area contributed by atoms with Crippen LogP contribution in [0.1, 0.15) is 23.1 Å². The summed E-state index contributed by atoms with van der Waals surface area (Å²) in [4.78, 5) is 38.8. The summed E-state index contributed by atoms with van der Waals surface area (Å²) < 4.78 is 5.87. The van der Waals surface area contributed by atoms with Crippen LogP contribution in [0.5, 0.6) is 5.75 Å². The number of nitrogens with zero attached hydrogens (tertiary/aromatic N) is 2. The highest BCUT2D eigenvalue weighted by molar-refractivity contribution is 6.05. The van der Waals surface area contributed by atoms with Crippen molar-refractivity contribution in [2.45, 2.75) is 18.6 Å². The van der Waals surface area contributed by atoms with Gasteiger partial charge in [-0.05, 0) is 34.7 Å². The quantitative estimate of drug-likeness (QED) is 0.202. The average Bonchev–Trinajstić information content (AvgIpc) is 2.95. The van der Waals surface area contributed by atoms with E-state index in [2.05, 4.69) is 5.10 Å². The molecule has 0 fully saturated rings. The smallest absolute Gasteiger partial charge is 0.309 e. The summed E-state index contributed by atoms with van der Waals surface area (Å²) in [5.41, 5.74) is 7.26. The second kappa shape index (κ2) is 10.3. The molecule has 0 saturated heterocycles. The van der Waals surface area contributed by atoms with E-state index < -0.39 is 24.0 Å². The SMILES string of the molecule is NN=Cc1ccc(-c2cccc3c2C(=C=O)N(CCc2ccccc2)C(=O)C(N)(CC(=O)O)O3)cc1. The van der Waals surface area contributed by atoms with Gasteiger partial charge in [0.15, 0.2) is 5.94 Å². The van der Waals surface area contributed by atoms with Crippen LogP contribution in [0, 0.1) is 0 Å². The van der Waals surface area contributed by atoms with Gasteiger partial charge in [-0.1, -0.05) is 66.7 Å². The van der Waals surface area contributed by atoms with Crippen LogP contribution in [0.3, 0.4) is 0 Å². The summed E-state index contributed by atoms with van der Waals surface area (Å²) in [5, 5.41) is 13.0. The van der Waals surface area contributed by atoms with Gasteiger partial charge in [0.25, 0.3) is 5.91 Å². The van der Waals surface area contributed by atoms with Gasteiger partial charge in [-0.25, -0.2) is 4.79 Å². The molecule has 1 unspecified atom stereocenters. The summed E-state index contributed by atoms with van der Waals surface area (Å²) in [7, 11) is 0. The van der Waals surface area contributed by atoms with Crippen LogP contribution in [0.4, 0.5) is 0 Å². The van der Waals surface area contributed by atoms with Crippen molar-refractivity contribution in [3.8, 4) is 16.9 Å². The maximum atomic E-state index is 13.6. The number of fused-ring (bicyclic) bond motifs is 1. The highest BCUT2D eigenvalue weighted by Gasteiger charge is 2.47. The molecule has 1 heterocycles. The van der Waals surface area contributed by atoms with Crippen molar-refractivity contribution in [1.29, 1.82) is 0 Å². The minimum Gasteiger partial charge on any atom is -0.481 e. The van der Waals surface area contributed by atoms with Gasteiger partial charge in [-0.3, -0.25) is 20.2 Å². The van der Waals surface area contributed by atoms with Crippen LogP contribution in [0.25, 0.3) is 16.8 Å². The van der Waals surface area contributed by atoms with E-state index in [4.69, 9.17) is 16.3 Å². The van der Waals surface area contributed by atoms with Crippen LogP contribution in [0.15, 0.2) is 77.9 Å². The Bertz CT molecular complexity index is 1360. The number of amides is 1. The molecular formula is C27H24N4O5. The Morgan fingerprint density at radius 3 is 2.44 bits per heavy atom. The molecule has 9 nitrogen and oxygen atoms in total. The van der Waals surface area contributed by atoms with E-state index in [9.17, 15) is 19.5 Å². The van der Waals surface area contributed by atoms with Crippen molar-refractivity contribution in [3.05, 3.63) is 89.5 Å². The Morgan fingerprint density at radius 1 is 1.08 bits per heavy atom. The molecular weight excluding hydrogens is 460 g/mol. The molecule has 0 spiro atoms. The number of hydrogen-bond donors (Lipinski definition) is 3. The van der Waals surface area contributed by atoms with E-state index in [0.29, 0.717) is 17.5 Å². The zero-order chi connectivity index (χ0) is 25.7. The van der Waals surface area contributed by atoms with E-state index in [0.717, 1.165) is 16.7 Å². The molecule has 36 heavy (non-hydrogen) atoms. The normalized spacial score (nSPS) is 17.3. The van der Waals surface area contributed by atoms with Gasteiger partial charge in [0.05, 0.1) is 11.8 Å². The Labute approximate surface area is 207 Å². The summed E-state index contributed by atoms with van der Waals surface area (Å²) in [6.07, 6.45) is 1.09. The number of carboxylic acids is 1. The first-order valence-corrected chi connectivity index (χ1v) is 11.1. The van der Waals surface area contributed by atoms with Crippen molar-refractivity contribution in [2.24, 2.45) is 16.7 Å². The number of carbonyl (C=O) groups is 2. The molecule has 5 N–H and O–H groups in total. The molecule has 1 aliphatic rings. The number of carboxylic acid groups (broad SMARTS) is 1. The van der Waals surface area contributed by atoms with E-state index in [-0.39, 0.29) is 18.0 Å². The fourth-order valence-corrected chi connectivity index (χ4v) is 4.18. The highest BCUT2D eigenvalue weighted by atomic mass is 16.5. The minimum atomic E-state index is -2.23. The zero-order valence-corrected chi connectivity index (χ0v) is 19.3. The molecule has 182 valence electrons. The third kappa shape index (κ3) is 4.88. The van der Waals surface area contributed by atoms with E-state index in [1.165, 1.54) is 11.1 Å². The van der Waals surface area contributed by atoms with Gasteiger partial charge in [0, 0.05) is 6.54 Å². The molecule has 0 saturated carbocycles. The number of aliphatic carboxylic acids is 1. The Morgan fingerprint density at radius 2 is 1.81 bits per heavy atom. The Hall–Kier alpha value is -4.72. The fourth-order valence-electron chi connectivity index (χ4n) is 4.18. The lowest BCUT2D eigenvalue weighted by atomic mass is 9.95. The number of rotatable bonds is 7. The van der Waals surface area contributed by atoms with Crippen LogP contribution >= 0.6 is 0 Å². The molecule has 0 aliphatic carbocycles. The first-order valence-electron chi connectivity index (χ1n) is 11.1. The maximum absolute atomic E-state index is 13.6. The summed E-state index contributed by atoms with van der Waals surface area (Å²) in [5.74, 6) is 5.08. The molecule has 1 atom stereocenters. The van der Waals surface area contributed by atoms with Crippen LogP contribution in [-0.4, -0.2) is 46.3 Å². The van der Waals surface area contributed by atoms with Gasteiger partial charge in [-0.2, -0.15) is 5.10 Å². The molecule has 1 aliphatic heterocycles. The predicted octanol–water partition coefficient (Wildman–Crippen LogP) is 2.41. The first-order chi connectivity index (χ1) is 17.4. The molecule has 0 bridgehead atoms. The molecule has 0 radical (unpaired) electrons. The minimum absolute atomic E-state index is 0.0645. The van der Waals surface area contributed by atoms with Crippen molar-refractivity contribution in [3.63, 3.8) is 0 Å². The number of nitrogens with two attached hydrogens (primary N) is 2. The van der Waals surface area contributed by atoms with Gasteiger partial charge < -0.3 is 15.7 Å². The molecule has 4 rings (SSSR count). The molecule has 9 heteroatoms. The van der Waals surface area contributed by atoms with Crippen molar-refractivity contribution < 1.29 is 24.2 Å². The summed E-state index contributed by atoms with van der Waals surface area (Å²) >= 11 is 0. The Kier molecular flexibility index (Phi) is 6.96. The van der Waals surface area contributed by atoms with Crippen LogP contribution in [0.2, 0.25) is 0 Å². The number of ether oxygens (including phenoxy) is 1. The van der Waals surface area contributed by atoms with Crippen molar-refractivity contribution >= 4 is 29.7 Å². The standard InChI is InChI=1S/C27H24N4O5/c28-27(15-24(33)34)26(35)31(14-13-18-5-2-1-3-6-18)22(17-32)25-21(7-4-8-23(25)36-27)20-11-9-19(10-12-20)16-30-29/h1-12,16H,13-15,28-29H2,(H,33,34). The number of hydrazone groups is 1. The first kappa shape index (κ1) is 24.4. The lowest BCUT2D eigenvalue weighted by Crippen LogP contribution is -2.59. The predicted molar refractivity (Wildman–Crippen MR) is 134 cm³/mol. The third-order valence-electron chi connectivity index (χ3n) is 5.85. The molecule has 0 aromatic heterocycles. The molecule has 1 amide bonds. The highest BCUT2D eigenvalue weighted by Crippen LogP contribution is 2.41. The monoisotopic (exact) mass is 484 g/mol.